The van der Waals surface area contributed by atoms with Gasteiger partial charge < -0.3 is 9.80 Å². The van der Waals surface area contributed by atoms with Crippen molar-refractivity contribution in [2.24, 2.45) is 0 Å². The highest BCUT2D eigenvalue weighted by Crippen LogP contribution is 2.19. The second-order valence-electron chi connectivity index (χ2n) is 6.80. The van der Waals surface area contributed by atoms with Crippen LogP contribution in [0.15, 0.2) is 48.5 Å². The van der Waals surface area contributed by atoms with Crippen molar-refractivity contribution in [3.8, 4) is 0 Å². The summed E-state index contributed by atoms with van der Waals surface area (Å²) < 4.78 is 0. The first-order valence-corrected chi connectivity index (χ1v) is 9.51. The first kappa shape index (κ1) is 20.8. The van der Waals surface area contributed by atoms with Crippen LogP contribution in [-0.2, 0) is 4.79 Å². The minimum Gasteiger partial charge on any atom is -0.336 e. The van der Waals surface area contributed by atoms with E-state index in [0.717, 1.165) is 0 Å². The zero-order valence-corrected chi connectivity index (χ0v) is 16.7. The molecule has 0 atom stereocenters. The summed E-state index contributed by atoms with van der Waals surface area (Å²) in [6, 6.07) is 12.7. The zero-order chi connectivity index (χ0) is 21.0. The molecule has 1 fully saturated rings. The van der Waals surface area contributed by atoms with E-state index >= 15 is 0 Å². The summed E-state index contributed by atoms with van der Waals surface area (Å²) in [6.45, 7) is 2.45. The Morgan fingerprint density at radius 2 is 1.76 bits per heavy atom. The van der Waals surface area contributed by atoms with Gasteiger partial charge in [0.1, 0.15) is 0 Å². The Kier molecular flexibility index (Phi) is 6.46. The molecular formula is C20H21ClN4O4. The molecule has 0 unspecified atom stereocenters. The Hall–Kier alpha value is -2.97. The zero-order valence-electron chi connectivity index (χ0n) is 16.0. The van der Waals surface area contributed by atoms with Crippen molar-refractivity contribution in [3.63, 3.8) is 0 Å². The Morgan fingerprint density at radius 3 is 2.34 bits per heavy atom. The van der Waals surface area contributed by atoms with Crippen LogP contribution in [0.5, 0.6) is 0 Å². The van der Waals surface area contributed by atoms with Crippen molar-refractivity contribution in [1.29, 1.82) is 0 Å². The smallest absolute Gasteiger partial charge is 0.269 e. The van der Waals surface area contributed by atoms with E-state index in [1.54, 1.807) is 48.3 Å². The standard InChI is InChI=1S/C20H21ClN4O4/c1-22(17-5-7-18(8-6-17)25(28)29)19(26)14-23-9-11-24(12-10-23)20(27)15-3-2-4-16(21)13-15/h2-8,13H,9-12,14H2,1H3. The van der Waals surface area contributed by atoms with Gasteiger partial charge in [-0.15, -0.1) is 0 Å². The number of amides is 2. The fraction of sp³-hybridized carbons (Fsp3) is 0.300. The van der Waals surface area contributed by atoms with Gasteiger partial charge in [0.25, 0.3) is 11.6 Å². The summed E-state index contributed by atoms with van der Waals surface area (Å²) in [5.41, 5.74) is 1.13. The third-order valence-corrected chi connectivity index (χ3v) is 5.15. The summed E-state index contributed by atoms with van der Waals surface area (Å²) in [4.78, 5) is 40.6. The Bertz CT molecular complexity index is 911. The average molecular weight is 417 g/mol. The molecular weight excluding hydrogens is 396 g/mol. The number of hydrogen-bond donors (Lipinski definition) is 0. The third kappa shape index (κ3) is 5.10. The number of nitro benzene ring substituents is 1. The van der Waals surface area contributed by atoms with Crippen molar-refractivity contribution >= 4 is 34.8 Å². The minimum absolute atomic E-state index is 0.0184. The number of anilines is 1. The maximum Gasteiger partial charge on any atom is 0.269 e. The Morgan fingerprint density at radius 1 is 1.10 bits per heavy atom. The van der Waals surface area contributed by atoms with Crippen LogP contribution in [0, 0.1) is 10.1 Å². The highest BCUT2D eigenvalue weighted by Gasteiger charge is 2.24. The van der Waals surface area contributed by atoms with Crippen molar-refractivity contribution in [2.75, 3.05) is 44.7 Å². The molecule has 0 saturated carbocycles. The molecule has 2 aromatic rings. The molecule has 1 aliphatic rings. The number of carbonyl (C=O) groups is 2. The van der Waals surface area contributed by atoms with Crippen molar-refractivity contribution in [1.82, 2.24) is 9.80 Å². The van der Waals surface area contributed by atoms with E-state index in [0.29, 0.717) is 42.5 Å². The maximum absolute atomic E-state index is 12.6. The van der Waals surface area contributed by atoms with Crippen LogP contribution in [0.1, 0.15) is 10.4 Å². The number of non-ortho nitro benzene ring substituents is 1. The van der Waals surface area contributed by atoms with Gasteiger partial charge in [-0.05, 0) is 30.3 Å². The molecule has 1 aliphatic heterocycles. The quantitative estimate of drug-likeness (QED) is 0.552. The first-order chi connectivity index (χ1) is 13.8. The molecule has 3 rings (SSSR count). The molecule has 0 spiro atoms. The molecule has 2 amide bonds. The van der Waals surface area contributed by atoms with Gasteiger partial charge in [-0.3, -0.25) is 24.6 Å². The molecule has 1 saturated heterocycles. The summed E-state index contributed by atoms with van der Waals surface area (Å²) >= 11 is 5.96. The van der Waals surface area contributed by atoms with Crippen LogP contribution >= 0.6 is 11.6 Å². The predicted molar refractivity (Wildman–Crippen MR) is 110 cm³/mol. The Labute approximate surface area is 173 Å². The summed E-state index contributed by atoms with van der Waals surface area (Å²) in [6.07, 6.45) is 0. The summed E-state index contributed by atoms with van der Waals surface area (Å²) in [5.74, 6) is -0.185. The molecule has 2 aromatic carbocycles. The van der Waals surface area contributed by atoms with E-state index in [2.05, 4.69) is 0 Å². The van der Waals surface area contributed by atoms with E-state index in [1.165, 1.54) is 17.0 Å². The third-order valence-electron chi connectivity index (χ3n) is 4.91. The highest BCUT2D eigenvalue weighted by atomic mass is 35.5. The van der Waals surface area contributed by atoms with E-state index in [9.17, 15) is 19.7 Å². The number of nitro groups is 1. The van der Waals surface area contributed by atoms with Gasteiger partial charge in [-0.2, -0.15) is 0 Å². The molecule has 0 aromatic heterocycles. The van der Waals surface area contributed by atoms with Crippen LogP contribution in [-0.4, -0.2) is 66.3 Å². The highest BCUT2D eigenvalue weighted by molar-refractivity contribution is 6.30. The molecule has 0 aliphatic carbocycles. The van der Waals surface area contributed by atoms with Crippen LogP contribution in [0.2, 0.25) is 5.02 Å². The lowest BCUT2D eigenvalue weighted by Gasteiger charge is -2.35. The number of piperazine rings is 1. The van der Waals surface area contributed by atoms with Gasteiger partial charge in [-0.1, -0.05) is 17.7 Å². The van der Waals surface area contributed by atoms with Crippen LogP contribution in [0.25, 0.3) is 0 Å². The van der Waals surface area contributed by atoms with Crippen molar-refractivity contribution in [3.05, 3.63) is 69.2 Å². The van der Waals surface area contributed by atoms with Gasteiger partial charge >= 0.3 is 0 Å². The molecule has 152 valence electrons. The van der Waals surface area contributed by atoms with Gasteiger partial charge in [0, 0.05) is 61.6 Å². The number of benzene rings is 2. The first-order valence-electron chi connectivity index (χ1n) is 9.13. The molecule has 1 heterocycles. The predicted octanol–water partition coefficient (Wildman–Crippen LogP) is 2.67. The van der Waals surface area contributed by atoms with E-state index < -0.39 is 4.92 Å². The van der Waals surface area contributed by atoms with Gasteiger partial charge in [0.05, 0.1) is 11.5 Å². The lowest BCUT2D eigenvalue weighted by molar-refractivity contribution is -0.384. The Balaban J connectivity index is 1.52. The van der Waals surface area contributed by atoms with Crippen LogP contribution in [0.3, 0.4) is 0 Å². The number of likely N-dealkylation sites (N-methyl/N-ethyl adjacent to an activating group) is 1. The summed E-state index contributed by atoms with van der Waals surface area (Å²) in [7, 11) is 1.64. The molecule has 0 bridgehead atoms. The summed E-state index contributed by atoms with van der Waals surface area (Å²) in [5, 5.41) is 11.3. The number of nitrogens with zero attached hydrogens (tertiary/aromatic N) is 4. The molecule has 0 N–H and O–H groups in total. The largest absolute Gasteiger partial charge is 0.336 e. The molecule has 9 heteroatoms. The van der Waals surface area contributed by atoms with Crippen LogP contribution < -0.4 is 4.90 Å². The lowest BCUT2D eigenvalue weighted by Crippen LogP contribution is -2.51. The molecule has 29 heavy (non-hydrogen) atoms. The van der Waals surface area contributed by atoms with Gasteiger partial charge in [0.15, 0.2) is 0 Å². The number of halogens is 1. The monoisotopic (exact) mass is 416 g/mol. The average Bonchev–Trinajstić information content (AvgIpc) is 2.73. The number of carbonyl (C=O) groups excluding carboxylic acids is 2. The maximum atomic E-state index is 12.6. The topological polar surface area (TPSA) is 87.0 Å². The van der Waals surface area contributed by atoms with E-state index in [1.807, 2.05) is 4.90 Å². The normalized spacial score (nSPS) is 14.5. The fourth-order valence-corrected chi connectivity index (χ4v) is 3.34. The minimum atomic E-state index is -0.476. The van der Waals surface area contributed by atoms with Crippen molar-refractivity contribution in [2.45, 2.75) is 0 Å². The second-order valence-corrected chi connectivity index (χ2v) is 7.24. The van der Waals surface area contributed by atoms with Crippen molar-refractivity contribution < 1.29 is 14.5 Å². The van der Waals surface area contributed by atoms with E-state index in [-0.39, 0.29) is 24.0 Å². The van der Waals surface area contributed by atoms with Crippen LogP contribution in [0.4, 0.5) is 11.4 Å². The van der Waals surface area contributed by atoms with E-state index in [4.69, 9.17) is 11.6 Å². The van der Waals surface area contributed by atoms with Gasteiger partial charge in [-0.25, -0.2) is 0 Å². The second kappa shape index (κ2) is 9.02. The molecule has 0 radical (unpaired) electrons. The van der Waals surface area contributed by atoms with Gasteiger partial charge in [0.2, 0.25) is 5.91 Å². The number of hydrogen-bond acceptors (Lipinski definition) is 5. The lowest BCUT2D eigenvalue weighted by atomic mass is 10.2. The fourth-order valence-electron chi connectivity index (χ4n) is 3.15. The SMILES string of the molecule is CN(C(=O)CN1CCN(C(=O)c2cccc(Cl)c2)CC1)c1ccc([N+](=O)[O-])cc1. The number of rotatable bonds is 5. The molecule has 8 nitrogen and oxygen atoms in total.